The highest BCUT2D eigenvalue weighted by molar-refractivity contribution is 5.91. The van der Waals surface area contributed by atoms with Crippen LogP contribution in [0.25, 0.3) is 22.2 Å². The predicted octanol–water partition coefficient (Wildman–Crippen LogP) is 5.24. The summed E-state index contributed by atoms with van der Waals surface area (Å²) < 4.78 is 0. The lowest BCUT2D eigenvalue weighted by atomic mass is 9.98. The van der Waals surface area contributed by atoms with Crippen LogP contribution in [0.4, 0.5) is 0 Å². The van der Waals surface area contributed by atoms with E-state index in [2.05, 4.69) is 61.3 Å². The van der Waals surface area contributed by atoms with E-state index >= 15 is 0 Å². The first-order valence-corrected chi connectivity index (χ1v) is 9.19. The SMILES string of the molecule is CCc1ccc(-c2[nH]c3ccc(CC)cc3c2CCCCN)cc1. The molecule has 0 bridgehead atoms. The van der Waals surface area contributed by atoms with Gasteiger partial charge in [-0.2, -0.15) is 0 Å². The Kier molecular flexibility index (Phi) is 5.37. The van der Waals surface area contributed by atoms with Crippen molar-refractivity contribution in [3.63, 3.8) is 0 Å². The van der Waals surface area contributed by atoms with Crippen LogP contribution >= 0.6 is 0 Å². The van der Waals surface area contributed by atoms with Crippen LogP contribution in [-0.4, -0.2) is 11.5 Å². The first-order valence-electron chi connectivity index (χ1n) is 9.19. The number of aromatic amines is 1. The molecule has 1 heterocycles. The van der Waals surface area contributed by atoms with Crippen molar-refractivity contribution in [3.05, 3.63) is 59.2 Å². The number of hydrogen-bond donors (Lipinski definition) is 2. The Labute approximate surface area is 145 Å². The van der Waals surface area contributed by atoms with Gasteiger partial charge in [0, 0.05) is 16.6 Å². The number of aryl methyl sites for hydroxylation is 3. The molecule has 0 fully saturated rings. The number of benzene rings is 2. The van der Waals surface area contributed by atoms with Gasteiger partial charge in [-0.05, 0) is 73.0 Å². The molecule has 3 aromatic rings. The standard InChI is InChI=1S/C22H28N2/c1-3-16-8-11-18(12-9-16)22-19(7-5-6-14-23)20-15-17(4-2)10-13-21(20)24-22/h8-13,15,24H,3-7,14,23H2,1-2H3. The van der Waals surface area contributed by atoms with Gasteiger partial charge in [-0.3, -0.25) is 0 Å². The zero-order valence-corrected chi connectivity index (χ0v) is 14.9. The fraction of sp³-hybridized carbons (Fsp3) is 0.364. The first-order chi connectivity index (χ1) is 11.8. The van der Waals surface area contributed by atoms with Crippen LogP contribution in [-0.2, 0) is 19.3 Å². The summed E-state index contributed by atoms with van der Waals surface area (Å²) in [5.41, 5.74) is 13.7. The maximum Gasteiger partial charge on any atom is 0.0497 e. The Hall–Kier alpha value is -2.06. The monoisotopic (exact) mass is 320 g/mol. The summed E-state index contributed by atoms with van der Waals surface area (Å²) >= 11 is 0. The summed E-state index contributed by atoms with van der Waals surface area (Å²) in [6, 6.07) is 15.8. The molecular formula is C22H28N2. The van der Waals surface area contributed by atoms with Crippen LogP contribution in [0.1, 0.15) is 43.4 Å². The molecule has 0 atom stereocenters. The minimum absolute atomic E-state index is 0.767. The van der Waals surface area contributed by atoms with Gasteiger partial charge in [0.25, 0.3) is 0 Å². The maximum atomic E-state index is 5.70. The zero-order chi connectivity index (χ0) is 16.9. The largest absolute Gasteiger partial charge is 0.354 e. The fourth-order valence-corrected chi connectivity index (χ4v) is 3.37. The third-order valence-electron chi connectivity index (χ3n) is 4.91. The van der Waals surface area contributed by atoms with E-state index in [1.807, 2.05) is 0 Å². The Balaban J connectivity index is 2.08. The van der Waals surface area contributed by atoms with E-state index in [9.17, 15) is 0 Å². The molecule has 2 aromatic carbocycles. The average Bonchev–Trinajstić information content (AvgIpc) is 3.00. The van der Waals surface area contributed by atoms with Crippen LogP contribution in [0.5, 0.6) is 0 Å². The number of unbranched alkanes of at least 4 members (excludes halogenated alkanes) is 1. The summed E-state index contributed by atoms with van der Waals surface area (Å²) in [7, 11) is 0. The average molecular weight is 320 g/mol. The van der Waals surface area contributed by atoms with Gasteiger partial charge in [0.05, 0.1) is 0 Å². The van der Waals surface area contributed by atoms with Crippen molar-refractivity contribution >= 4 is 10.9 Å². The van der Waals surface area contributed by atoms with Gasteiger partial charge in [0.2, 0.25) is 0 Å². The second-order valence-electron chi connectivity index (χ2n) is 6.51. The summed E-state index contributed by atoms with van der Waals surface area (Å²) in [6.07, 6.45) is 5.45. The molecule has 2 nitrogen and oxygen atoms in total. The maximum absolute atomic E-state index is 5.70. The van der Waals surface area contributed by atoms with Gasteiger partial charge in [-0.15, -0.1) is 0 Å². The van der Waals surface area contributed by atoms with E-state index in [0.29, 0.717) is 0 Å². The molecule has 0 saturated heterocycles. The van der Waals surface area contributed by atoms with E-state index in [4.69, 9.17) is 5.73 Å². The van der Waals surface area contributed by atoms with Crippen molar-refractivity contribution in [1.82, 2.24) is 4.98 Å². The quantitative estimate of drug-likeness (QED) is 0.574. The molecular weight excluding hydrogens is 292 g/mol. The lowest BCUT2D eigenvalue weighted by Crippen LogP contribution is -1.99. The van der Waals surface area contributed by atoms with Crippen molar-refractivity contribution in [2.75, 3.05) is 6.54 Å². The zero-order valence-electron chi connectivity index (χ0n) is 14.9. The lowest BCUT2D eigenvalue weighted by molar-refractivity contribution is 0.748. The molecule has 3 N–H and O–H groups in total. The summed E-state index contributed by atoms with van der Waals surface area (Å²) in [6.45, 7) is 5.18. The van der Waals surface area contributed by atoms with Crippen molar-refractivity contribution in [3.8, 4) is 11.3 Å². The van der Waals surface area contributed by atoms with Gasteiger partial charge in [-0.1, -0.05) is 44.2 Å². The number of nitrogens with two attached hydrogens (primary N) is 1. The smallest absolute Gasteiger partial charge is 0.0497 e. The topological polar surface area (TPSA) is 41.8 Å². The number of H-pyrrole nitrogens is 1. The number of rotatable bonds is 7. The highest BCUT2D eigenvalue weighted by atomic mass is 14.7. The lowest BCUT2D eigenvalue weighted by Gasteiger charge is -2.07. The third-order valence-corrected chi connectivity index (χ3v) is 4.91. The van der Waals surface area contributed by atoms with E-state index in [1.165, 1.54) is 38.9 Å². The number of nitrogens with one attached hydrogen (secondary N) is 1. The normalized spacial score (nSPS) is 11.3. The van der Waals surface area contributed by atoms with Gasteiger partial charge in [0.1, 0.15) is 0 Å². The highest BCUT2D eigenvalue weighted by Gasteiger charge is 2.13. The molecule has 126 valence electrons. The molecule has 2 heteroatoms. The van der Waals surface area contributed by atoms with Gasteiger partial charge in [-0.25, -0.2) is 0 Å². The van der Waals surface area contributed by atoms with E-state index < -0.39 is 0 Å². The molecule has 24 heavy (non-hydrogen) atoms. The van der Waals surface area contributed by atoms with E-state index in [0.717, 1.165) is 38.6 Å². The van der Waals surface area contributed by atoms with Crippen molar-refractivity contribution in [2.24, 2.45) is 5.73 Å². The summed E-state index contributed by atoms with van der Waals surface area (Å²) in [4.78, 5) is 3.66. The second kappa shape index (κ2) is 7.67. The Bertz CT molecular complexity index is 797. The van der Waals surface area contributed by atoms with Crippen molar-refractivity contribution < 1.29 is 0 Å². The number of fused-ring (bicyclic) bond motifs is 1. The van der Waals surface area contributed by atoms with Crippen LogP contribution in [0.2, 0.25) is 0 Å². The van der Waals surface area contributed by atoms with Crippen LogP contribution in [0.15, 0.2) is 42.5 Å². The van der Waals surface area contributed by atoms with Crippen molar-refractivity contribution in [2.45, 2.75) is 46.0 Å². The minimum atomic E-state index is 0.767. The van der Waals surface area contributed by atoms with E-state index in [-0.39, 0.29) is 0 Å². The fourth-order valence-electron chi connectivity index (χ4n) is 3.37. The van der Waals surface area contributed by atoms with Gasteiger partial charge < -0.3 is 10.7 Å². The van der Waals surface area contributed by atoms with Crippen LogP contribution < -0.4 is 5.73 Å². The molecule has 0 aliphatic carbocycles. The molecule has 0 aliphatic heterocycles. The summed E-state index contributed by atoms with van der Waals surface area (Å²) in [5, 5.41) is 1.38. The molecule has 0 unspecified atom stereocenters. The van der Waals surface area contributed by atoms with Crippen LogP contribution in [0.3, 0.4) is 0 Å². The minimum Gasteiger partial charge on any atom is -0.354 e. The molecule has 0 aliphatic rings. The highest BCUT2D eigenvalue weighted by Crippen LogP contribution is 2.32. The summed E-state index contributed by atoms with van der Waals surface area (Å²) in [5.74, 6) is 0. The second-order valence-corrected chi connectivity index (χ2v) is 6.51. The first kappa shape index (κ1) is 16.8. The molecule has 3 rings (SSSR count). The predicted molar refractivity (Wildman–Crippen MR) is 104 cm³/mol. The molecule has 0 radical (unpaired) electrons. The third kappa shape index (κ3) is 3.39. The molecule has 0 amide bonds. The Morgan fingerprint density at radius 1 is 0.875 bits per heavy atom. The van der Waals surface area contributed by atoms with E-state index in [1.54, 1.807) is 0 Å². The van der Waals surface area contributed by atoms with Crippen LogP contribution in [0, 0.1) is 0 Å². The molecule has 1 aromatic heterocycles. The Morgan fingerprint density at radius 3 is 2.25 bits per heavy atom. The Morgan fingerprint density at radius 2 is 1.58 bits per heavy atom. The van der Waals surface area contributed by atoms with Crippen molar-refractivity contribution in [1.29, 1.82) is 0 Å². The number of aromatic nitrogens is 1. The van der Waals surface area contributed by atoms with Gasteiger partial charge in [0.15, 0.2) is 0 Å². The molecule has 0 spiro atoms. The van der Waals surface area contributed by atoms with Gasteiger partial charge >= 0.3 is 0 Å². The molecule has 0 saturated carbocycles. The number of hydrogen-bond acceptors (Lipinski definition) is 1.